The average molecular weight is 328 g/mol. The minimum absolute atomic E-state index is 0.675. The minimum Gasteiger partial charge on any atom is -0.278 e. The number of halogens is 1. The first-order chi connectivity index (χ1) is 10.8. The van der Waals surface area contributed by atoms with E-state index in [1.807, 2.05) is 36.4 Å². The van der Waals surface area contributed by atoms with E-state index in [9.17, 15) is 0 Å². The number of thioether (sulfide) groups is 1. The maximum atomic E-state index is 5.99. The largest absolute Gasteiger partial charge is 0.278 e. The van der Waals surface area contributed by atoms with Crippen molar-refractivity contribution in [2.45, 2.75) is 4.90 Å². The summed E-state index contributed by atoms with van der Waals surface area (Å²) >= 11 is 7.71. The van der Waals surface area contributed by atoms with Gasteiger partial charge in [-0.15, -0.1) is 11.8 Å². The van der Waals surface area contributed by atoms with Crippen molar-refractivity contribution in [1.82, 2.24) is 4.98 Å². The first-order valence-corrected chi connectivity index (χ1v) is 8.34. The SMILES string of the molecule is CSc1ccc(/C=N\Nc2ccnc3cc(Cl)ccc23)cc1. The molecule has 0 atom stereocenters. The van der Waals surface area contributed by atoms with Gasteiger partial charge in [0, 0.05) is 21.5 Å². The van der Waals surface area contributed by atoms with Crippen molar-refractivity contribution in [1.29, 1.82) is 0 Å². The van der Waals surface area contributed by atoms with Gasteiger partial charge in [0.05, 0.1) is 17.4 Å². The number of rotatable bonds is 4. The number of fused-ring (bicyclic) bond motifs is 1. The molecule has 0 amide bonds. The highest BCUT2D eigenvalue weighted by atomic mass is 35.5. The number of aromatic nitrogens is 1. The van der Waals surface area contributed by atoms with Crippen LogP contribution in [-0.2, 0) is 0 Å². The lowest BCUT2D eigenvalue weighted by Gasteiger charge is -2.05. The lowest BCUT2D eigenvalue weighted by atomic mass is 10.2. The highest BCUT2D eigenvalue weighted by Crippen LogP contribution is 2.24. The summed E-state index contributed by atoms with van der Waals surface area (Å²) in [4.78, 5) is 5.55. The molecule has 0 saturated carbocycles. The molecule has 110 valence electrons. The van der Waals surface area contributed by atoms with Gasteiger partial charge in [-0.25, -0.2) is 0 Å². The van der Waals surface area contributed by atoms with Crippen molar-refractivity contribution in [3.8, 4) is 0 Å². The first kappa shape index (κ1) is 14.9. The number of anilines is 1. The Morgan fingerprint density at radius 3 is 2.73 bits per heavy atom. The Morgan fingerprint density at radius 2 is 1.95 bits per heavy atom. The lowest BCUT2D eigenvalue weighted by Crippen LogP contribution is -1.92. The maximum Gasteiger partial charge on any atom is 0.0738 e. The van der Waals surface area contributed by atoms with E-state index in [1.165, 1.54) is 4.90 Å². The summed E-state index contributed by atoms with van der Waals surface area (Å²) in [6, 6.07) is 15.8. The third-order valence-electron chi connectivity index (χ3n) is 3.22. The van der Waals surface area contributed by atoms with Gasteiger partial charge in [-0.2, -0.15) is 5.10 Å². The molecule has 0 spiro atoms. The Bertz CT molecular complexity index is 816. The van der Waals surface area contributed by atoms with E-state index in [0.717, 1.165) is 22.2 Å². The van der Waals surface area contributed by atoms with Crippen LogP contribution < -0.4 is 5.43 Å². The number of benzene rings is 2. The van der Waals surface area contributed by atoms with Crippen LogP contribution in [0.5, 0.6) is 0 Å². The number of nitrogens with one attached hydrogen (secondary N) is 1. The fourth-order valence-electron chi connectivity index (χ4n) is 2.09. The van der Waals surface area contributed by atoms with Gasteiger partial charge in [-0.1, -0.05) is 23.7 Å². The van der Waals surface area contributed by atoms with Crippen molar-refractivity contribution in [2.24, 2.45) is 5.10 Å². The van der Waals surface area contributed by atoms with E-state index >= 15 is 0 Å². The van der Waals surface area contributed by atoms with Gasteiger partial charge in [0.25, 0.3) is 0 Å². The van der Waals surface area contributed by atoms with Crippen LogP contribution in [0.3, 0.4) is 0 Å². The molecule has 0 fully saturated rings. The van der Waals surface area contributed by atoms with Crippen molar-refractivity contribution in [2.75, 3.05) is 11.7 Å². The summed E-state index contributed by atoms with van der Waals surface area (Å²) in [5, 5.41) is 5.96. The standard InChI is InChI=1S/C17H14ClN3S/c1-22-14-5-2-12(3-6-14)11-20-21-16-8-9-19-17-10-13(18)4-7-15(16)17/h2-11H,1H3,(H,19,21)/b20-11-. The van der Waals surface area contributed by atoms with Crippen LogP contribution in [0.15, 0.2) is 64.7 Å². The van der Waals surface area contributed by atoms with Gasteiger partial charge in [-0.05, 0) is 48.2 Å². The Balaban J connectivity index is 1.79. The fraction of sp³-hybridized carbons (Fsp3) is 0.0588. The fourth-order valence-corrected chi connectivity index (χ4v) is 2.66. The molecule has 3 rings (SSSR count). The number of nitrogens with zero attached hydrogens (tertiary/aromatic N) is 2. The molecule has 22 heavy (non-hydrogen) atoms. The van der Waals surface area contributed by atoms with Gasteiger partial charge in [0.2, 0.25) is 0 Å². The molecule has 0 bridgehead atoms. The summed E-state index contributed by atoms with van der Waals surface area (Å²) in [7, 11) is 0. The van der Waals surface area contributed by atoms with Crippen molar-refractivity contribution < 1.29 is 0 Å². The second kappa shape index (κ2) is 6.81. The maximum absolute atomic E-state index is 5.99. The zero-order chi connectivity index (χ0) is 15.4. The van der Waals surface area contributed by atoms with E-state index in [4.69, 9.17) is 11.6 Å². The summed E-state index contributed by atoms with van der Waals surface area (Å²) in [6.45, 7) is 0. The van der Waals surface area contributed by atoms with Gasteiger partial charge in [0.15, 0.2) is 0 Å². The number of hydrazone groups is 1. The van der Waals surface area contributed by atoms with E-state index < -0.39 is 0 Å². The van der Waals surface area contributed by atoms with Crippen LogP contribution in [0.1, 0.15) is 5.56 Å². The summed E-state index contributed by atoms with van der Waals surface area (Å²) in [6.07, 6.45) is 5.60. The molecule has 1 heterocycles. The number of hydrogen-bond acceptors (Lipinski definition) is 4. The van der Waals surface area contributed by atoms with Gasteiger partial charge in [0.1, 0.15) is 0 Å². The van der Waals surface area contributed by atoms with Crippen molar-refractivity contribution in [3.63, 3.8) is 0 Å². The Labute approximate surface area is 138 Å². The molecule has 0 aliphatic carbocycles. The highest BCUT2D eigenvalue weighted by Gasteiger charge is 2.01. The van der Waals surface area contributed by atoms with E-state index in [0.29, 0.717) is 5.02 Å². The molecule has 1 aromatic heterocycles. The monoisotopic (exact) mass is 327 g/mol. The molecule has 3 aromatic rings. The molecule has 5 heteroatoms. The zero-order valence-corrected chi connectivity index (χ0v) is 13.5. The van der Waals surface area contributed by atoms with Gasteiger partial charge < -0.3 is 0 Å². The van der Waals surface area contributed by atoms with Crippen LogP contribution in [0.2, 0.25) is 5.02 Å². The van der Waals surface area contributed by atoms with Crippen molar-refractivity contribution in [3.05, 3.63) is 65.3 Å². The topological polar surface area (TPSA) is 37.3 Å². The molecule has 3 nitrogen and oxygen atoms in total. The molecular formula is C17H14ClN3S. The second-order valence-corrected chi connectivity index (χ2v) is 5.98. The van der Waals surface area contributed by atoms with E-state index in [-0.39, 0.29) is 0 Å². The van der Waals surface area contributed by atoms with Gasteiger partial charge >= 0.3 is 0 Å². The molecule has 2 aromatic carbocycles. The Kier molecular flexibility index (Phi) is 4.61. The molecule has 0 unspecified atom stereocenters. The predicted molar refractivity (Wildman–Crippen MR) is 96.2 cm³/mol. The minimum atomic E-state index is 0.675. The molecule has 0 saturated heterocycles. The number of hydrogen-bond donors (Lipinski definition) is 1. The Morgan fingerprint density at radius 1 is 1.14 bits per heavy atom. The molecule has 1 N–H and O–H groups in total. The number of pyridine rings is 1. The molecule has 0 aliphatic heterocycles. The van der Waals surface area contributed by atoms with Crippen LogP contribution in [-0.4, -0.2) is 17.5 Å². The zero-order valence-electron chi connectivity index (χ0n) is 12.0. The highest BCUT2D eigenvalue weighted by molar-refractivity contribution is 7.98. The normalized spacial score (nSPS) is 11.2. The van der Waals surface area contributed by atoms with Gasteiger partial charge in [-0.3, -0.25) is 10.4 Å². The first-order valence-electron chi connectivity index (χ1n) is 6.74. The second-order valence-electron chi connectivity index (χ2n) is 4.66. The van der Waals surface area contributed by atoms with Crippen LogP contribution >= 0.6 is 23.4 Å². The summed E-state index contributed by atoms with van der Waals surface area (Å²) < 4.78 is 0. The van der Waals surface area contributed by atoms with Crippen LogP contribution in [0, 0.1) is 0 Å². The molecular weight excluding hydrogens is 314 g/mol. The Hall–Kier alpha value is -2.04. The summed E-state index contributed by atoms with van der Waals surface area (Å²) in [5.41, 5.74) is 5.86. The summed E-state index contributed by atoms with van der Waals surface area (Å²) in [5.74, 6) is 0. The smallest absolute Gasteiger partial charge is 0.0738 e. The quantitative estimate of drug-likeness (QED) is 0.413. The van der Waals surface area contributed by atoms with E-state index in [1.54, 1.807) is 24.2 Å². The molecule has 0 radical (unpaired) electrons. The van der Waals surface area contributed by atoms with Crippen LogP contribution in [0.25, 0.3) is 10.9 Å². The van der Waals surface area contributed by atoms with Crippen molar-refractivity contribution >= 4 is 46.2 Å². The third kappa shape index (κ3) is 3.40. The predicted octanol–water partition coefficient (Wildman–Crippen LogP) is 5.06. The third-order valence-corrected chi connectivity index (χ3v) is 4.20. The van der Waals surface area contributed by atoms with E-state index in [2.05, 4.69) is 33.9 Å². The average Bonchev–Trinajstić information content (AvgIpc) is 2.55. The lowest BCUT2D eigenvalue weighted by molar-refractivity contribution is 1.33. The van der Waals surface area contributed by atoms with Crippen LogP contribution in [0.4, 0.5) is 5.69 Å². The molecule has 0 aliphatic rings.